The van der Waals surface area contributed by atoms with Crippen LogP contribution in [0, 0.1) is 0 Å². The van der Waals surface area contributed by atoms with Crippen LogP contribution < -0.4 is 5.32 Å². The van der Waals surface area contributed by atoms with E-state index in [1.54, 1.807) is 10.4 Å². The largest absolute Gasteiger partial charge is 0.357 e. The van der Waals surface area contributed by atoms with Gasteiger partial charge in [0.1, 0.15) is 17.5 Å². The van der Waals surface area contributed by atoms with Crippen LogP contribution in [0.4, 0.5) is 5.00 Å². The second-order valence-electron chi connectivity index (χ2n) is 7.41. The van der Waals surface area contributed by atoms with Gasteiger partial charge in [0.2, 0.25) is 0 Å². The van der Waals surface area contributed by atoms with Crippen molar-refractivity contribution in [3.63, 3.8) is 0 Å². The standard InChI is InChI=1S/C18H28N4S/c1-21(2)12-7-9-13(10-8-12)22(3)17-16-14-5-4-6-15(14)23-18(16)20-11-19-17/h12-13,20H,4-11H2,1-3H3/t12-,13-. The van der Waals surface area contributed by atoms with E-state index in [9.17, 15) is 0 Å². The second kappa shape index (κ2) is 6.10. The number of aryl methyl sites for hydroxylation is 1. The van der Waals surface area contributed by atoms with Crippen LogP contribution in [-0.2, 0) is 12.8 Å². The lowest BCUT2D eigenvalue weighted by Crippen LogP contribution is -2.44. The van der Waals surface area contributed by atoms with E-state index in [4.69, 9.17) is 4.99 Å². The Balaban J connectivity index is 1.54. The molecule has 1 fully saturated rings. The molecule has 0 radical (unpaired) electrons. The van der Waals surface area contributed by atoms with Crippen LogP contribution in [-0.4, -0.2) is 55.5 Å². The molecule has 4 rings (SSSR count). The zero-order chi connectivity index (χ0) is 16.0. The fraction of sp³-hybridized carbons (Fsp3) is 0.722. The van der Waals surface area contributed by atoms with Crippen molar-refractivity contribution in [3.05, 3.63) is 16.0 Å². The Kier molecular flexibility index (Phi) is 4.10. The van der Waals surface area contributed by atoms with Crippen molar-refractivity contribution in [3.8, 4) is 0 Å². The highest BCUT2D eigenvalue weighted by Gasteiger charge is 2.32. The summed E-state index contributed by atoms with van der Waals surface area (Å²) in [6.07, 6.45) is 9.01. The van der Waals surface area contributed by atoms with Gasteiger partial charge in [-0.05, 0) is 64.6 Å². The molecule has 1 aliphatic heterocycles. The quantitative estimate of drug-likeness (QED) is 0.902. The zero-order valence-electron chi connectivity index (χ0n) is 14.6. The first-order valence-corrected chi connectivity index (χ1v) is 9.79. The van der Waals surface area contributed by atoms with Crippen molar-refractivity contribution >= 4 is 22.2 Å². The molecule has 0 saturated heterocycles. The maximum atomic E-state index is 4.88. The molecule has 3 aliphatic rings. The van der Waals surface area contributed by atoms with E-state index in [0.717, 1.165) is 12.7 Å². The topological polar surface area (TPSA) is 30.9 Å². The molecule has 0 atom stereocenters. The summed E-state index contributed by atoms with van der Waals surface area (Å²) in [5.74, 6) is 1.26. The van der Waals surface area contributed by atoms with Crippen LogP contribution in [0.15, 0.2) is 4.99 Å². The highest BCUT2D eigenvalue weighted by atomic mass is 32.1. The van der Waals surface area contributed by atoms with Crippen LogP contribution >= 0.6 is 11.3 Å². The van der Waals surface area contributed by atoms with Gasteiger partial charge >= 0.3 is 0 Å². The minimum absolute atomic E-state index is 0.646. The number of nitrogens with zero attached hydrogens (tertiary/aromatic N) is 3. The highest BCUT2D eigenvalue weighted by Crippen LogP contribution is 2.41. The average molecular weight is 333 g/mol. The van der Waals surface area contributed by atoms with Crippen LogP contribution in [0.25, 0.3) is 0 Å². The third kappa shape index (κ3) is 2.68. The Morgan fingerprint density at radius 3 is 2.52 bits per heavy atom. The van der Waals surface area contributed by atoms with E-state index >= 15 is 0 Å². The molecule has 4 nitrogen and oxygen atoms in total. The van der Waals surface area contributed by atoms with Crippen molar-refractivity contribution in [2.24, 2.45) is 4.99 Å². The average Bonchev–Trinajstić information content (AvgIpc) is 3.14. The molecule has 1 aromatic heterocycles. The summed E-state index contributed by atoms with van der Waals surface area (Å²) in [6, 6.07) is 1.41. The molecule has 126 valence electrons. The van der Waals surface area contributed by atoms with Crippen LogP contribution in [0.2, 0.25) is 0 Å². The first-order valence-electron chi connectivity index (χ1n) is 8.97. The molecular weight excluding hydrogens is 304 g/mol. The van der Waals surface area contributed by atoms with Gasteiger partial charge in [0.25, 0.3) is 0 Å². The molecule has 23 heavy (non-hydrogen) atoms. The number of rotatable bonds is 2. The summed E-state index contributed by atoms with van der Waals surface area (Å²) in [4.78, 5) is 11.4. The van der Waals surface area contributed by atoms with Gasteiger partial charge in [-0.25, -0.2) is 4.99 Å². The fourth-order valence-electron chi connectivity index (χ4n) is 4.45. The third-order valence-electron chi connectivity index (χ3n) is 5.89. The second-order valence-corrected chi connectivity index (χ2v) is 8.52. The van der Waals surface area contributed by atoms with Crippen LogP contribution in [0.3, 0.4) is 0 Å². The van der Waals surface area contributed by atoms with Gasteiger partial charge in [0.15, 0.2) is 0 Å². The smallest absolute Gasteiger partial charge is 0.136 e. The number of amidine groups is 1. The van der Waals surface area contributed by atoms with Gasteiger partial charge in [-0.15, -0.1) is 11.3 Å². The molecule has 1 saturated carbocycles. The number of hydrogen-bond acceptors (Lipinski definition) is 5. The summed E-state index contributed by atoms with van der Waals surface area (Å²) >= 11 is 1.97. The molecule has 2 heterocycles. The molecule has 0 amide bonds. The van der Waals surface area contributed by atoms with Crippen LogP contribution in [0.1, 0.15) is 48.1 Å². The molecule has 1 N–H and O–H groups in total. The third-order valence-corrected chi connectivity index (χ3v) is 7.14. The zero-order valence-corrected chi connectivity index (χ0v) is 15.4. The molecule has 0 bridgehead atoms. The predicted octanol–water partition coefficient (Wildman–Crippen LogP) is 3.17. The summed E-state index contributed by atoms with van der Waals surface area (Å²) in [5, 5.41) is 4.87. The van der Waals surface area contributed by atoms with E-state index in [0.29, 0.717) is 6.04 Å². The lowest BCUT2D eigenvalue weighted by molar-refractivity contribution is 0.176. The lowest BCUT2D eigenvalue weighted by atomic mass is 9.89. The molecule has 0 unspecified atom stereocenters. The van der Waals surface area contributed by atoms with E-state index in [-0.39, 0.29) is 0 Å². The number of aliphatic imine (C=N–C) groups is 1. The van der Waals surface area contributed by atoms with Crippen molar-refractivity contribution in [2.45, 2.75) is 57.0 Å². The number of thiophene rings is 1. The van der Waals surface area contributed by atoms with Gasteiger partial charge in [-0.2, -0.15) is 0 Å². The van der Waals surface area contributed by atoms with E-state index in [1.165, 1.54) is 61.3 Å². The van der Waals surface area contributed by atoms with Crippen LogP contribution in [0.5, 0.6) is 0 Å². The molecular formula is C18H28N4S. The SMILES string of the molecule is CN(C)[C@H]1CC[C@H](N(C)C2=NCNc3sc4c(c32)CCC4)CC1. The molecule has 5 heteroatoms. The first-order chi connectivity index (χ1) is 11.1. The van der Waals surface area contributed by atoms with E-state index < -0.39 is 0 Å². The van der Waals surface area contributed by atoms with Crippen molar-refractivity contribution in [1.29, 1.82) is 0 Å². The summed E-state index contributed by atoms with van der Waals surface area (Å²) < 4.78 is 0. The Bertz CT molecular complexity index is 611. The number of hydrogen-bond donors (Lipinski definition) is 1. The molecule has 0 aromatic carbocycles. The van der Waals surface area contributed by atoms with E-state index in [1.807, 2.05) is 11.3 Å². The van der Waals surface area contributed by atoms with Crippen molar-refractivity contribution in [1.82, 2.24) is 9.80 Å². The van der Waals surface area contributed by atoms with Gasteiger partial charge in [-0.3, -0.25) is 0 Å². The summed E-state index contributed by atoms with van der Waals surface area (Å²) in [5.41, 5.74) is 3.02. The normalized spacial score (nSPS) is 26.5. The Labute approximate surface area is 143 Å². The van der Waals surface area contributed by atoms with Gasteiger partial charge in [-0.1, -0.05) is 0 Å². The predicted molar refractivity (Wildman–Crippen MR) is 98.9 cm³/mol. The van der Waals surface area contributed by atoms with E-state index in [2.05, 4.69) is 36.3 Å². The number of fused-ring (bicyclic) bond motifs is 3. The molecule has 1 aromatic rings. The Morgan fingerprint density at radius 2 is 1.78 bits per heavy atom. The maximum absolute atomic E-state index is 4.88. The molecule has 0 spiro atoms. The van der Waals surface area contributed by atoms with Gasteiger partial charge in [0.05, 0.1) is 5.56 Å². The summed E-state index contributed by atoms with van der Waals surface area (Å²) in [7, 11) is 6.70. The monoisotopic (exact) mass is 332 g/mol. The minimum atomic E-state index is 0.646. The fourth-order valence-corrected chi connectivity index (χ4v) is 5.73. The lowest BCUT2D eigenvalue weighted by Gasteiger charge is -2.39. The molecule has 2 aliphatic carbocycles. The van der Waals surface area contributed by atoms with Crippen molar-refractivity contribution < 1.29 is 0 Å². The summed E-state index contributed by atoms with van der Waals surface area (Å²) in [6.45, 7) is 0.735. The van der Waals surface area contributed by atoms with Crippen molar-refractivity contribution in [2.75, 3.05) is 33.1 Å². The highest BCUT2D eigenvalue weighted by molar-refractivity contribution is 7.16. The minimum Gasteiger partial charge on any atom is -0.357 e. The van der Waals surface area contributed by atoms with Gasteiger partial charge < -0.3 is 15.1 Å². The first kappa shape index (κ1) is 15.5. The maximum Gasteiger partial charge on any atom is 0.136 e. The number of nitrogens with one attached hydrogen (secondary N) is 1. The Morgan fingerprint density at radius 1 is 1.04 bits per heavy atom. The van der Waals surface area contributed by atoms with Gasteiger partial charge in [0, 0.05) is 24.0 Å². The Hall–Kier alpha value is -1.07. The number of anilines is 1.